The van der Waals surface area contributed by atoms with Crippen molar-refractivity contribution in [3.8, 4) is 11.5 Å². The Morgan fingerprint density at radius 1 is 0.652 bits per heavy atom. The highest BCUT2D eigenvalue weighted by Crippen LogP contribution is 2.29. The number of benzene rings is 2. The molecule has 0 saturated carbocycles. The quantitative estimate of drug-likeness (QED) is 0.768. The van der Waals surface area contributed by atoms with Crippen LogP contribution in [0, 0.1) is 13.8 Å². The third-order valence-corrected chi connectivity index (χ3v) is 4.46. The maximum Gasteiger partial charge on any atom is 0.118 e. The minimum absolute atomic E-state index is 0.382. The van der Waals surface area contributed by atoms with Gasteiger partial charge in [0.25, 0.3) is 0 Å². The molecule has 0 amide bonds. The van der Waals surface area contributed by atoms with Crippen molar-refractivity contribution in [1.82, 2.24) is 0 Å². The summed E-state index contributed by atoms with van der Waals surface area (Å²) in [6, 6.07) is 8.05. The van der Waals surface area contributed by atoms with Gasteiger partial charge in [0.1, 0.15) is 11.5 Å². The van der Waals surface area contributed by atoms with Crippen molar-refractivity contribution in [3.63, 3.8) is 0 Å². The van der Waals surface area contributed by atoms with Crippen molar-refractivity contribution in [2.24, 2.45) is 0 Å². The van der Waals surface area contributed by atoms with Crippen LogP contribution in [-0.2, 0) is 19.3 Å². The molecule has 2 aromatic carbocycles. The van der Waals surface area contributed by atoms with Gasteiger partial charge in [-0.15, -0.1) is 0 Å². The maximum atomic E-state index is 10.0. The van der Waals surface area contributed by atoms with E-state index in [0.29, 0.717) is 11.5 Å². The van der Waals surface area contributed by atoms with Crippen LogP contribution in [0.3, 0.4) is 0 Å². The molecular formula is C21H28O2. The zero-order valence-electron chi connectivity index (χ0n) is 14.7. The standard InChI is InChI=1S/C21H28O2/c1-5-7-16-12-20(22)14(3)9-18(16)11-19-10-15(4)21(23)13-17(19)8-6-2/h9-10,12-13,22-23H,5-8,11H2,1-4H3. The molecule has 0 aliphatic carbocycles. The fourth-order valence-electron chi connectivity index (χ4n) is 3.14. The second kappa shape index (κ2) is 7.54. The Kier molecular flexibility index (Phi) is 5.70. The summed E-state index contributed by atoms with van der Waals surface area (Å²) >= 11 is 0. The normalized spacial score (nSPS) is 11.0. The first kappa shape index (κ1) is 17.4. The molecule has 0 aliphatic rings. The van der Waals surface area contributed by atoms with Gasteiger partial charge >= 0.3 is 0 Å². The Bertz CT molecular complexity index is 627. The van der Waals surface area contributed by atoms with Crippen molar-refractivity contribution in [2.75, 3.05) is 0 Å². The van der Waals surface area contributed by atoms with Crippen LogP contribution in [0.15, 0.2) is 24.3 Å². The summed E-state index contributed by atoms with van der Waals surface area (Å²) < 4.78 is 0. The first-order valence-corrected chi connectivity index (χ1v) is 8.59. The Balaban J connectivity index is 2.45. The Morgan fingerprint density at radius 3 is 1.39 bits per heavy atom. The molecule has 0 bridgehead atoms. The predicted octanol–water partition coefficient (Wildman–Crippen LogP) is 5.21. The highest BCUT2D eigenvalue weighted by molar-refractivity contribution is 5.47. The zero-order chi connectivity index (χ0) is 17.0. The molecular weight excluding hydrogens is 284 g/mol. The zero-order valence-corrected chi connectivity index (χ0v) is 14.7. The van der Waals surface area contributed by atoms with Gasteiger partial charge in [-0.05, 0) is 78.6 Å². The van der Waals surface area contributed by atoms with E-state index in [1.54, 1.807) is 0 Å². The molecule has 0 aliphatic heterocycles. The fraction of sp³-hybridized carbons (Fsp3) is 0.429. The molecule has 0 heterocycles. The van der Waals surface area contributed by atoms with Crippen molar-refractivity contribution in [2.45, 2.75) is 59.8 Å². The highest BCUT2D eigenvalue weighted by atomic mass is 16.3. The van der Waals surface area contributed by atoms with Gasteiger partial charge in [0.2, 0.25) is 0 Å². The van der Waals surface area contributed by atoms with Crippen LogP contribution < -0.4 is 0 Å². The monoisotopic (exact) mass is 312 g/mol. The summed E-state index contributed by atoms with van der Waals surface area (Å²) in [5.41, 5.74) is 6.86. The van der Waals surface area contributed by atoms with E-state index < -0.39 is 0 Å². The minimum atomic E-state index is 0.382. The predicted molar refractivity (Wildman–Crippen MR) is 96.5 cm³/mol. The van der Waals surface area contributed by atoms with Crippen molar-refractivity contribution in [3.05, 3.63) is 57.6 Å². The summed E-state index contributed by atoms with van der Waals surface area (Å²) in [5.74, 6) is 0.765. The Morgan fingerprint density at radius 2 is 1.04 bits per heavy atom. The molecule has 0 saturated heterocycles. The third-order valence-electron chi connectivity index (χ3n) is 4.46. The van der Waals surface area contributed by atoms with Crippen LogP contribution in [0.1, 0.15) is 60.1 Å². The summed E-state index contributed by atoms with van der Waals surface area (Å²) in [5, 5.41) is 20.0. The highest BCUT2D eigenvalue weighted by Gasteiger charge is 2.12. The fourth-order valence-corrected chi connectivity index (χ4v) is 3.14. The van der Waals surface area contributed by atoms with E-state index in [1.807, 2.05) is 26.0 Å². The number of phenolic OH excluding ortho intramolecular Hbond substituents is 2. The lowest BCUT2D eigenvalue weighted by Gasteiger charge is -2.16. The number of rotatable bonds is 6. The van der Waals surface area contributed by atoms with Gasteiger partial charge < -0.3 is 10.2 Å². The molecule has 0 aromatic heterocycles. The van der Waals surface area contributed by atoms with E-state index in [-0.39, 0.29) is 0 Å². The van der Waals surface area contributed by atoms with Crippen LogP contribution in [0.4, 0.5) is 0 Å². The number of aromatic hydroxyl groups is 2. The third kappa shape index (κ3) is 4.07. The lowest BCUT2D eigenvalue weighted by Crippen LogP contribution is -2.01. The van der Waals surface area contributed by atoms with Crippen LogP contribution in [0.5, 0.6) is 11.5 Å². The first-order chi connectivity index (χ1) is 11.0. The lowest BCUT2D eigenvalue weighted by atomic mass is 9.90. The van der Waals surface area contributed by atoms with Gasteiger partial charge in [-0.1, -0.05) is 38.8 Å². The van der Waals surface area contributed by atoms with E-state index in [4.69, 9.17) is 0 Å². The number of aryl methyl sites for hydroxylation is 4. The van der Waals surface area contributed by atoms with E-state index in [2.05, 4.69) is 26.0 Å². The topological polar surface area (TPSA) is 40.5 Å². The average molecular weight is 312 g/mol. The van der Waals surface area contributed by atoms with E-state index in [1.165, 1.54) is 22.3 Å². The second-order valence-corrected chi connectivity index (χ2v) is 6.49. The molecule has 0 radical (unpaired) electrons. The smallest absolute Gasteiger partial charge is 0.118 e. The Labute approximate surface area is 139 Å². The van der Waals surface area contributed by atoms with Crippen LogP contribution in [-0.4, -0.2) is 10.2 Å². The van der Waals surface area contributed by atoms with Crippen LogP contribution >= 0.6 is 0 Å². The number of phenols is 2. The molecule has 23 heavy (non-hydrogen) atoms. The van der Waals surface area contributed by atoms with Crippen LogP contribution in [0.25, 0.3) is 0 Å². The maximum absolute atomic E-state index is 10.0. The number of hydrogen-bond donors (Lipinski definition) is 2. The van der Waals surface area contributed by atoms with Crippen LogP contribution in [0.2, 0.25) is 0 Å². The lowest BCUT2D eigenvalue weighted by molar-refractivity contribution is 0.470. The first-order valence-electron chi connectivity index (χ1n) is 8.59. The summed E-state index contributed by atoms with van der Waals surface area (Å²) in [4.78, 5) is 0. The Hall–Kier alpha value is -1.96. The molecule has 0 unspecified atom stereocenters. The molecule has 124 valence electrons. The van der Waals surface area contributed by atoms with Gasteiger partial charge in [0, 0.05) is 0 Å². The van der Waals surface area contributed by atoms with Gasteiger partial charge in [0.05, 0.1) is 0 Å². The molecule has 0 spiro atoms. The SMILES string of the molecule is CCCc1cc(O)c(C)cc1Cc1cc(C)c(O)cc1CCC. The second-order valence-electron chi connectivity index (χ2n) is 6.49. The van der Waals surface area contributed by atoms with E-state index in [9.17, 15) is 10.2 Å². The molecule has 2 rings (SSSR count). The average Bonchev–Trinajstić information content (AvgIpc) is 2.50. The van der Waals surface area contributed by atoms with E-state index >= 15 is 0 Å². The molecule has 2 heteroatoms. The van der Waals surface area contributed by atoms with Crippen molar-refractivity contribution >= 4 is 0 Å². The molecule has 0 atom stereocenters. The van der Waals surface area contributed by atoms with Gasteiger partial charge in [-0.3, -0.25) is 0 Å². The number of hydrogen-bond acceptors (Lipinski definition) is 2. The molecule has 2 N–H and O–H groups in total. The molecule has 2 nitrogen and oxygen atoms in total. The van der Waals surface area contributed by atoms with Crippen molar-refractivity contribution in [1.29, 1.82) is 0 Å². The molecule has 2 aromatic rings. The van der Waals surface area contributed by atoms with Gasteiger partial charge in [-0.2, -0.15) is 0 Å². The van der Waals surface area contributed by atoms with Crippen molar-refractivity contribution < 1.29 is 10.2 Å². The minimum Gasteiger partial charge on any atom is -0.508 e. The summed E-state index contributed by atoms with van der Waals surface area (Å²) in [7, 11) is 0. The summed E-state index contributed by atoms with van der Waals surface area (Å²) in [6.45, 7) is 8.22. The van der Waals surface area contributed by atoms with Gasteiger partial charge in [-0.25, -0.2) is 0 Å². The summed E-state index contributed by atoms with van der Waals surface area (Å²) in [6.07, 6.45) is 4.93. The van der Waals surface area contributed by atoms with Gasteiger partial charge in [0.15, 0.2) is 0 Å². The molecule has 0 fully saturated rings. The largest absolute Gasteiger partial charge is 0.508 e. The van der Waals surface area contributed by atoms with E-state index in [0.717, 1.165) is 43.2 Å².